The van der Waals surface area contributed by atoms with Gasteiger partial charge in [0.2, 0.25) is 11.8 Å². The third-order valence-corrected chi connectivity index (χ3v) is 5.43. The molecule has 148 valence electrons. The van der Waals surface area contributed by atoms with Crippen molar-refractivity contribution in [3.05, 3.63) is 64.1 Å². The Balaban J connectivity index is 1.59. The Morgan fingerprint density at radius 3 is 2.64 bits per heavy atom. The number of benzene rings is 2. The molecule has 28 heavy (non-hydrogen) atoms. The van der Waals surface area contributed by atoms with Crippen molar-refractivity contribution < 1.29 is 9.59 Å². The maximum atomic E-state index is 12.7. The fraction of sp³-hybridized carbons (Fsp3) is 0.333. The highest BCUT2D eigenvalue weighted by molar-refractivity contribution is 6.36. The third kappa shape index (κ3) is 5.25. The molecule has 1 atom stereocenters. The van der Waals surface area contributed by atoms with Crippen molar-refractivity contribution in [2.45, 2.75) is 25.4 Å². The number of likely N-dealkylation sites (N-methyl/N-ethyl adjacent to an activating group) is 1. The molecule has 0 spiro atoms. The van der Waals surface area contributed by atoms with Crippen LogP contribution in [0.4, 0.5) is 5.69 Å². The number of rotatable bonds is 6. The summed E-state index contributed by atoms with van der Waals surface area (Å²) in [6.07, 6.45) is 1.59. The molecule has 1 fully saturated rings. The number of anilines is 1. The van der Waals surface area contributed by atoms with Crippen molar-refractivity contribution in [1.82, 2.24) is 9.80 Å². The van der Waals surface area contributed by atoms with E-state index in [2.05, 4.69) is 5.32 Å². The van der Waals surface area contributed by atoms with Crippen LogP contribution in [0.25, 0.3) is 0 Å². The molecule has 2 aromatic rings. The molecule has 0 aromatic heterocycles. The van der Waals surface area contributed by atoms with Crippen molar-refractivity contribution in [2.24, 2.45) is 0 Å². The molecule has 7 heteroatoms. The van der Waals surface area contributed by atoms with E-state index in [-0.39, 0.29) is 24.4 Å². The van der Waals surface area contributed by atoms with E-state index in [0.717, 1.165) is 18.5 Å². The number of likely N-dealkylation sites (tertiary alicyclic amines) is 1. The van der Waals surface area contributed by atoms with Gasteiger partial charge >= 0.3 is 0 Å². The summed E-state index contributed by atoms with van der Waals surface area (Å²) in [5.41, 5.74) is 1.60. The zero-order chi connectivity index (χ0) is 20.1. The van der Waals surface area contributed by atoms with Crippen LogP contribution in [0.1, 0.15) is 18.4 Å². The zero-order valence-corrected chi connectivity index (χ0v) is 17.2. The molecule has 1 heterocycles. The summed E-state index contributed by atoms with van der Waals surface area (Å²) in [6.45, 7) is 1.48. The maximum Gasteiger partial charge on any atom is 0.241 e. The highest BCUT2D eigenvalue weighted by Gasteiger charge is 2.32. The van der Waals surface area contributed by atoms with Gasteiger partial charge in [0.1, 0.15) is 0 Å². The maximum absolute atomic E-state index is 12.7. The molecule has 1 N–H and O–H groups in total. The molecular weight excluding hydrogens is 397 g/mol. The number of nitrogens with zero attached hydrogens (tertiary/aromatic N) is 2. The Kier molecular flexibility index (Phi) is 6.94. The van der Waals surface area contributed by atoms with Gasteiger partial charge in [-0.3, -0.25) is 14.5 Å². The number of carbonyl (C=O) groups is 2. The lowest BCUT2D eigenvalue weighted by Gasteiger charge is -2.26. The van der Waals surface area contributed by atoms with E-state index >= 15 is 0 Å². The second kappa shape index (κ2) is 9.41. The molecule has 5 nitrogen and oxygen atoms in total. The van der Waals surface area contributed by atoms with Crippen LogP contribution in [0.3, 0.4) is 0 Å². The second-order valence-electron chi connectivity index (χ2n) is 6.98. The lowest BCUT2D eigenvalue weighted by atomic mass is 10.2. The van der Waals surface area contributed by atoms with Gasteiger partial charge in [-0.05, 0) is 43.1 Å². The standard InChI is InChI=1S/C21H23Cl2N3O2/c1-25(13-15-6-3-2-4-7-15)20(27)14-26-11-5-8-19(26)21(28)24-18-10-9-16(22)12-17(18)23/h2-4,6-7,9-10,12,19H,5,8,11,13-14H2,1H3,(H,24,28)/t19-/m0/s1. The van der Waals surface area contributed by atoms with Crippen molar-refractivity contribution in [3.63, 3.8) is 0 Å². The Morgan fingerprint density at radius 1 is 1.18 bits per heavy atom. The van der Waals surface area contributed by atoms with E-state index < -0.39 is 0 Å². The Morgan fingerprint density at radius 2 is 1.93 bits per heavy atom. The van der Waals surface area contributed by atoms with Crippen LogP contribution in [-0.2, 0) is 16.1 Å². The van der Waals surface area contributed by atoms with E-state index in [1.54, 1.807) is 30.1 Å². The first kappa shape index (κ1) is 20.6. The zero-order valence-electron chi connectivity index (χ0n) is 15.7. The minimum atomic E-state index is -0.346. The molecule has 2 amide bonds. The van der Waals surface area contributed by atoms with E-state index in [1.807, 2.05) is 35.2 Å². The largest absolute Gasteiger partial charge is 0.340 e. The summed E-state index contributed by atoms with van der Waals surface area (Å²) < 4.78 is 0. The van der Waals surface area contributed by atoms with Gasteiger partial charge in [-0.25, -0.2) is 0 Å². The van der Waals surface area contributed by atoms with Crippen molar-refractivity contribution in [2.75, 3.05) is 25.5 Å². The minimum Gasteiger partial charge on any atom is -0.340 e. The molecule has 1 aliphatic heterocycles. The lowest BCUT2D eigenvalue weighted by molar-refractivity contribution is -0.132. The van der Waals surface area contributed by atoms with Crippen LogP contribution in [0.5, 0.6) is 0 Å². The Labute approximate surface area is 175 Å². The number of halogens is 2. The summed E-state index contributed by atoms with van der Waals surface area (Å²) >= 11 is 12.0. The smallest absolute Gasteiger partial charge is 0.241 e. The highest BCUT2D eigenvalue weighted by atomic mass is 35.5. The monoisotopic (exact) mass is 419 g/mol. The van der Waals surface area contributed by atoms with Crippen LogP contribution in [0.2, 0.25) is 10.0 Å². The molecule has 0 unspecified atom stereocenters. The first-order valence-corrected chi connectivity index (χ1v) is 9.97. The Hall–Kier alpha value is -2.08. The normalized spacial score (nSPS) is 16.8. The fourth-order valence-electron chi connectivity index (χ4n) is 3.36. The van der Waals surface area contributed by atoms with E-state index in [9.17, 15) is 9.59 Å². The Bertz CT molecular complexity index is 845. The molecule has 1 aliphatic rings. The molecule has 0 radical (unpaired) electrons. The summed E-state index contributed by atoms with van der Waals surface area (Å²) in [4.78, 5) is 29.0. The topological polar surface area (TPSA) is 52.7 Å². The van der Waals surface area contributed by atoms with Crippen LogP contribution < -0.4 is 5.32 Å². The molecule has 3 rings (SSSR count). The van der Waals surface area contributed by atoms with Gasteiger partial charge in [-0.1, -0.05) is 53.5 Å². The van der Waals surface area contributed by atoms with E-state index in [0.29, 0.717) is 28.7 Å². The van der Waals surface area contributed by atoms with Crippen LogP contribution in [0.15, 0.2) is 48.5 Å². The molecule has 0 aliphatic carbocycles. The van der Waals surface area contributed by atoms with E-state index in [1.165, 1.54) is 0 Å². The summed E-state index contributed by atoms with van der Waals surface area (Å²) in [6, 6.07) is 14.4. The summed E-state index contributed by atoms with van der Waals surface area (Å²) in [5.74, 6) is -0.159. The van der Waals surface area contributed by atoms with Gasteiger partial charge < -0.3 is 10.2 Å². The van der Waals surface area contributed by atoms with Gasteiger partial charge in [0, 0.05) is 18.6 Å². The van der Waals surface area contributed by atoms with E-state index in [4.69, 9.17) is 23.2 Å². The molecule has 0 saturated carbocycles. The molecular formula is C21H23Cl2N3O2. The van der Waals surface area contributed by atoms with Crippen molar-refractivity contribution >= 4 is 40.7 Å². The van der Waals surface area contributed by atoms with Crippen molar-refractivity contribution in [3.8, 4) is 0 Å². The average molecular weight is 420 g/mol. The van der Waals surface area contributed by atoms with Crippen LogP contribution >= 0.6 is 23.2 Å². The fourth-order valence-corrected chi connectivity index (χ4v) is 3.81. The van der Waals surface area contributed by atoms with Crippen LogP contribution in [0, 0.1) is 0 Å². The number of hydrogen-bond acceptors (Lipinski definition) is 3. The SMILES string of the molecule is CN(Cc1ccccc1)C(=O)CN1CCC[C@H]1C(=O)Nc1ccc(Cl)cc1Cl. The first-order valence-electron chi connectivity index (χ1n) is 9.22. The highest BCUT2D eigenvalue weighted by Crippen LogP contribution is 2.27. The predicted octanol–water partition coefficient (Wildman–Crippen LogP) is 4.05. The molecule has 0 bridgehead atoms. The number of hydrogen-bond donors (Lipinski definition) is 1. The second-order valence-corrected chi connectivity index (χ2v) is 7.82. The average Bonchev–Trinajstić information content (AvgIpc) is 3.13. The van der Waals surface area contributed by atoms with Gasteiger partial charge in [-0.2, -0.15) is 0 Å². The summed E-state index contributed by atoms with van der Waals surface area (Å²) in [7, 11) is 1.79. The number of carbonyl (C=O) groups excluding carboxylic acids is 2. The van der Waals surface area contributed by atoms with Crippen molar-refractivity contribution in [1.29, 1.82) is 0 Å². The predicted molar refractivity (Wildman–Crippen MR) is 113 cm³/mol. The quantitative estimate of drug-likeness (QED) is 0.767. The minimum absolute atomic E-state index is 0.00641. The van der Waals surface area contributed by atoms with Gasteiger partial charge in [0.25, 0.3) is 0 Å². The number of amides is 2. The van der Waals surface area contributed by atoms with Gasteiger partial charge in [0.15, 0.2) is 0 Å². The molecule has 1 saturated heterocycles. The van der Waals surface area contributed by atoms with Gasteiger partial charge in [0.05, 0.1) is 23.3 Å². The first-order chi connectivity index (χ1) is 13.4. The lowest BCUT2D eigenvalue weighted by Crippen LogP contribution is -2.45. The van der Waals surface area contributed by atoms with Gasteiger partial charge in [-0.15, -0.1) is 0 Å². The third-order valence-electron chi connectivity index (χ3n) is 4.88. The summed E-state index contributed by atoms with van der Waals surface area (Å²) in [5, 5.41) is 3.76. The molecule has 2 aromatic carbocycles. The van der Waals surface area contributed by atoms with Crippen LogP contribution in [-0.4, -0.2) is 47.8 Å². The number of nitrogens with one attached hydrogen (secondary N) is 1.